The van der Waals surface area contributed by atoms with Crippen LogP contribution in [0.3, 0.4) is 0 Å². The lowest BCUT2D eigenvalue weighted by Crippen LogP contribution is -2.36. The number of benzene rings is 1. The molecule has 0 amide bonds. The van der Waals surface area contributed by atoms with Crippen LogP contribution < -0.4 is 5.32 Å². The number of nitrogens with zero attached hydrogens (tertiary/aromatic N) is 1. The molecular formula is C17H22N2O2. The van der Waals surface area contributed by atoms with Crippen molar-refractivity contribution in [2.45, 2.75) is 39.3 Å². The van der Waals surface area contributed by atoms with Crippen LogP contribution >= 0.6 is 0 Å². The molecule has 2 atom stereocenters. The van der Waals surface area contributed by atoms with Crippen molar-refractivity contribution in [3.63, 3.8) is 0 Å². The molecule has 0 saturated carbocycles. The van der Waals surface area contributed by atoms with E-state index in [2.05, 4.69) is 24.1 Å². The fraction of sp³-hybridized carbons (Fsp3) is 0.412. The SMILES string of the molecule is CCOC(=O)C(NC(C)CC)c1cncc2ccccc12. The second-order valence-electron chi connectivity index (χ2n) is 5.11. The largest absolute Gasteiger partial charge is 0.465 e. The number of pyridine rings is 1. The van der Waals surface area contributed by atoms with Crippen LogP contribution in [0.4, 0.5) is 0 Å². The molecule has 0 spiro atoms. The summed E-state index contributed by atoms with van der Waals surface area (Å²) < 4.78 is 5.22. The minimum absolute atomic E-state index is 0.221. The summed E-state index contributed by atoms with van der Waals surface area (Å²) >= 11 is 0. The summed E-state index contributed by atoms with van der Waals surface area (Å²) in [6.07, 6.45) is 4.50. The van der Waals surface area contributed by atoms with E-state index in [1.165, 1.54) is 0 Å². The normalized spacial score (nSPS) is 13.9. The summed E-state index contributed by atoms with van der Waals surface area (Å²) in [5.74, 6) is -0.254. The highest BCUT2D eigenvalue weighted by atomic mass is 16.5. The number of hydrogen-bond acceptors (Lipinski definition) is 4. The van der Waals surface area contributed by atoms with Gasteiger partial charge in [-0.1, -0.05) is 31.2 Å². The Bertz CT molecular complexity index is 607. The summed E-state index contributed by atoms with van der Waals surface area (Å²) in [6.45, 7) is 6.33. The van der Waals surface area contributed by atoms with E-state index in [4.69, 9.17) is 4.74 Å². The van der Waals surface area contributed by atoms with Gasteiger partial charge in [-0.2, -0.15) is 0 Å². The lowest BCUT2D eigenvalue weighted by molar-refractivity contribution is -0.146. The van der Waals surface area contributed by atoms with E-state index in [1.54, 1.807) is 6.20 Å². The van der Waals surface area contributed by atoms with Gasteiger partial charge in [-0.15, -0.1) is 0 Å². The lowest BCUT2D eigenvalue weighted by Gasteiger charge is -2.22. The van der Waals surface area contributed by atoms with Gasteiger partial charge >= 0.3 is 5.97 Å². The van der Waals surface area contributed by atoms with Crippen molar-refractivity contribution in [1.82, 2.24) is 10.3 Å². The van der Waals surface area contributed by atoms with Gasteiger partial charge in [0.05, 0.1) is 6.61 Å². The van der Waals surface area contributed by atoms with Crippen molar-refractivity contribution in [3.8, 4) is 0 Å². The zero-order valence-corrected chi connectivity index (χ0v) is 12.8. The third-order valence-corrected chi connectivity index (χ3v) is 3.60. The number of hydrogen-bond donors (Lipinski definition) is 1. The van der Waals surface area contributed by atoms with E-state index in [0.29, 0.717) is 6.61 Å². The molecule has 1 aromatic carbocycles. The van der Waals surface area contributed by atoms with Crippen LogP contribution in [0.5, 0.6) is 0 Å². The summed E-state index contributed by atoms with van der Waals surface area (Å²) in [5.41, 5.74) is 0.867. The van der Waals surface area contributed by atoms with E-state index in [1.807, 2.05) is 37.4 Å². The molecule has 2 rings (SSSR count). The van der Waals surface area contributed by atoms with Crippen molar-refractivity contribution in [3.05, 3.63) is 42.2 Å². The van der Waals surface area contributed by atoms with Gasteiger partial charge in [-0.05, 0) is 25.7 Å². The smallest absolute Gasteiger partial charge is 0.327 e. The van der Waals surface area contributed by atoms with Crippen LogP contribution in [0, 0.1) is 0 Å². The molecule has 1 heterocycles. The summed E-state index contributed by atoms with van der Waals surface area (Å²) in [7, 11) is 0. The first kappa shape index (κ1) is 15.4. The predicted molar refractivity (Wildman–Crippen MR) is 84.0 cm³/mol. The quantitative estimate of drug-likeness (QED) is 0.828. The number of rotatable bonds is 6. The second-order valence-corrected chi connectivity index (χ2v) is 5.11. The number of ether oxygens (including phenoxy) is 1. The van der Waals surface area contributed by atoms with Crippen LogP contribution in [-0.2, 0) is 9.53 Å². The fourth-order valence-corrected chi connectivity index (χ4v) is 2.28. The zero-order chi connectivity index (χ0) is 15.2. The van der Waals surface area contributed by atoms with Gasteiger partial charge in [0.2, 0.25) is 0 Å². The average molecular weight is 286 g/mol. The third-order valence-electron chi connectivity index (χ3n) is 3.60. The first-order chi connectivity index (χ1) is 10.2. The van der Waals surface area contributed by atoms with E-state index in [9.17, 15) is 4.79 Å². The number of nitrogens with one attached hydrogen (secondary N) is 1. The highest BCUT2D eigenvalue weighted by Crippen LogP contribution is 2.24. The molecule has 0 fully saturated rings. The molecule has 2 aromatic rings. The van der Waals surface area contributed by atoms with Crippen LogP contribution in [0.25, 0.3) is 10.8 Å². The molecule has 0 radical (unpaired) electrons. The summed E-state index contributed by atoms with van der Waals surface area (Å²) in [6, 6.07) is 7.68. The molecule has 4 nitrogen and oxygen atoms in total. The lowest BCUT2D eigenvalue weighted by atomic mass is 10.0. The van der Waals surface area contributed by atoms with E-state index < -0.39 is 6.04 Å². The molecule has 0 aliphatic rings. The Balaban J connectivity index is 2.44. The zero-order valence-electron chi connectivity index (χ0n) is 12.8. The maximum absolute atomic E-state index is 12.3. The topological polar surface area (TPSA) is 51.2 Å². The van der Waals surface area contributed by atoms with Crippen LogP contribution in [0.2, 0.25) is 0 Å². The van der Waals surface area contributed by atoms with Crippen molar-refractivity contribution in [1.29, 1.82) is 0 Å². The average Bonchev–Trinajstić information content (AvgIpc) is 2.52. The maximum Gasteiger partial charge on any atom is 0.327 e. The monoisotopic (exact) mass is 286 g/mol. The molecular weight excluding hydrogens is 264 g/mol. The number of fused-ring (bicyclic) bond motifs is 1. The number of aromatic nitrogens is 1. The predicted octanol–water partition coefficient (Wildman–Crippen LogP) is 3.23. The number of carbonyl (C=O) groups excluding carboxylic acids is 1. The Morgan fingerprint density at radius 2 is 2.05 bits per heavy atom. The maximum atomic E-state index is 12.3. The summed E-state index contributed by atoms with van der Waals surface area (Å²) in [4.78, 5) is 16.6. The molecule has 112 valence electrons. The molecule has 1 aromatic heterocycles. The molecule has 0 aliphatic carbocycles. The molecule has 4 heteroatoms. The van der Waals surface area contributed by atoms with Gasteiger partial charge in [0.25, 0.3) is 0 Å². The van der Waals surface area contributed by atoms with Crippen LogP contribution in [-0.4, -0.2) is 23.6 Å². The molecule has 0 aliphatic heterocycles. The van der Waals surface area contributed by atoms with Crippen LogP contribution in [0.15, 0.2) is 36.7 Å². The highest BCUT2D eigenvalue weighted by molar-refractivity contribution is 5.90. The van der Waals surface area contributed by atoms with Gasteiger partial charge < -0.3 is 4.74 Å². The van der Waals surface area contributed by atoms with E-state index in [-0.39, 0.29) is 12.0 Å². The first-order valence-electron chi connectivity index (χ1n) is 7.42. The number of esters is 1. The Kier molecular flexibility index (Phi) is 5.28. The minimum Gasteiger partial charge on any atom is -0.465 e. The Labute approximate surface area is 125 Å². The molecule has 21 heavy (non-hydrogen) atoms. The molecule has 0 bridgehead atoms. The van der Waals surface area contributed by atoms with Crippen molar-refractivity contribution >= 4 is 16.7 Å². The number of carbonyl (C=O) groups is 1. The fourth-order valence-electron chi connectivity index (χ4n) is 2.28. The van der Waals surface area contributed by atoms with Gasteiger partial charge in [0.15, 0.2) is 0 Å². The Morgan fingerprint density at radius 1 is 1.29 bits per heavy atom. The van der Waals surface area contributed by atoms with E-state index >= 15 is 0 Å². The Hall–Kier alpha value is -1.94. The van der Waals surface area contributed by atoms with Gasteiger partial charge in [-0.3, -0.25) is 10.3 Å². The second kappa shape index (κ2) is 7.18. The van der Waals surface area contributed by atoms with Gasteiger partial charge in [0.1, 0.15) is 6.04 Å². The van der Waals surface area contributed by atoms with E-state index in [0.717, 1.165) is 22.8 Å². The molecule has 2 unspecified atom stereocenters. The standard InChI is InChI=1S/C17H22N2O2/c1-4-12(3)19-16(17(20)21-5-2)15-11-18-10-13-8-6-7-9-14(13)15/h6-12,16,19H,4-5H2,1-3H3. The van der Waals surface area contributed by atoms with Gasteiger partial charge in [-0.25, -0.2) is 4.79 Å². The minimum atomic E-state index is -0.488. The van der Waals surface area contributed by atoms with Crippen molar-refractivity contribution in [2.24, 2.45) is 0 Å². The molecule has 0 saturated heterocycles. The van der Waals surface area contributed by atoms with Crippen LogP contribution in [0.1, 0.15) is 38.8 Å². The highest BCUT2D eigenvalue weighted by Gasteiger charge is 2.25. The first-order valence-corrected chi connectivity index (χ1v) is 7.42. The summed E-state index contributed by atoms with van der Waals surface area (Å²) in [5, 5.41) is 5.40. The van der Waals surface area contributed by atoms with Gasteiger partial charge in [0, 0.05) is 29.4 Å². The molecule has 1 N–H and O–H groups in total. The van der Waals surface area contributed by atoms with Crippen molar-refractivity contribution in [2.75, 3.05) is 6.61 Å². The Morgan fingerprint density at radius 3 is 2.76 bits per heavy atom. The third kappa shape index (κ3) is 3.58. The van der Waals surface area contributed by atoms with Crippen molar-refractivity contribution < 1.29 is 9.53 Å².